The summed E-state index contributed by atoms with van der Waals surface area (Å²) in [6.07, 6.45) is -0.761. The molecule has 0 aliphatic heterocycles. The maximum atomic E-state index is 13.8. The molecule has 3 nitrogen and oxygen atoms in total. The first-order valence-electron chi connectivity index (χ1n) is 5.61. The van der Waals surface area contributed by atoms with Crippen molar-refractivity contribution in [2.75, 3.05) is 7.11 Å². The molecule has 1 aromatic carbocycles. The summed E-state index contributed by atoms with van der Waals surface area (Å²) in [5, 5.41) is 8.43. The van der Waals surface area contributed by atoms with Crippen LogP contribution in [0.3, 0.4) is 0 Å². The molecule has 0 aromatic heterocycles. The first-order chi connectivity index (χ1) is 8.36. The van der Waals surface area contributed by atoms with Crippen LogP contribution in [0.1, 0.15) is 30.4 Å². The van der Waals surface area contributed by atoms with Gasteiger partial charge >= 0.3 is 5.97 Å². The number of rotatable bonds is 6. The van der Waals surface area contributed by atoms with Crippen LogP contribution in [0, 0.1) is 6.92 Å². The van der Waals surface area contributed by atoms with Gasteiger partial charge in [-0.05, 0) is 37.1 Å². The minimum Gasteiger partial charge on any atom is -0.496 e. The second-order valence-corrected chi connectivity index (χ2v) is 4.14. The average Bonchev–Trinajstić information content (AvgIpc) is 2.28. The number of methoxy groups -OCH3 is 1. The van der Waals surface area contributed by atoms with Crippen LogP contribution in [-0.2, 0) is 10.7 Å². The zero-order chi connectivity index (χ0) is 13.8. The maximum Gasteiger partial charge on any atom is 0.303 e. The summed E-state index contributed by atoms with van der Waals surface area (Å²) in [5.74, 6) is -3.51. The fourth-order valence-corrected chi connectivity index (χ4v) is 1.71. The average molecular weight is 258 g/mol. The van der Waals surface area contributed by atoms with E-state index in [1.54, 1.807) is 6.92 Å². The zero-order valence-corrected chi connectivity index (χ0v) is 10.4. The van der Waals surface area contributed by atoms with Crippen molar-refractivity contribution in [1.82, 2.24) is 0 Å². The van der Waals surface area contributed by atoms with Crippen LogP contribution in [0.15, 0.2) is 18.2 Å². The van der Waals surface area contributed by atoms with Gasteiger partial charge in [-0.2, -0.15) is 0 Å². The molecule has 0 atom stereocenters. The fourth-order valence-electron chi connectivity index (χ4n) is 1.71. The molecule has 1 N–H and O–H groups in total. The van der Waals surface area contributed by atoms with Crippen molar-refractivity contribution in [1.29, 1.82) is 0 Å². The van der Waals surface area contributed by atoms with E-state index in [0.717, 1.165) is 0 Å². The lowest BCUT2D eigenvalue weighted by molar-refractivity contribution is -0.137. The Kier molecular flexibility index (Phi) is 4.64. The third-order valence-corrected chi connectivity index (χ3v) is 2.70. The fraction of sp³-hybridized carbons (Fsp3) is 0.462. The Bertz CT molecular complexity index is 430. The Balaban J connectivity index is 2.77. The van der Waals surface area contributed by atoms with Crippen molar-refractivity contribution in [3.05, 3.63) is 29.3 Å². The van der Waals surface area contributed by atoms with E-state index >= 15 is 0 Å². The molecule has 0 aliphatic rings. The second kappa shape index (κ2) is 5.80. The van der Waals surface area contributed by atoms with Crippen LogP contribution in [0.2, 0.25) is 0 Å². The highest BCUT2D eigenvalue weighted by Crippen LogP contribution is 2.35. The Labute approximate surface area is 104 Å². The topological polar surface area (TPSA) is 46.5 Å². The van der Waals surface area contributed by atoms with Crippen LogP contribution in [0.4, 0.5) is 8.78 Å². The molecular formula is C13H16F2O3. The molecule has 5 heteroatoms. The van der Waals surface area contributed by atoms with Crippen LogP contribution in [-0.4, -0.2) is 18.2 Å². The van der Waals surface area contributed by atoms with Gasteiger partial charge < -0.3 is 9.84 Å². The molecule has 0 amide bonds. The summed E-state index contributed by atoms with van der Waals surface area (Å²) < 4.78 is 32.6. The first-order valence-corrected chi connectivity index (χ1v) is 5.61. The van der Waals surface area contributed by atoms with Gasteiger partial charge in [0.15, 0.2) is 0 Å². The zero-order valence-electron chi connectivity index (χ0n) is 10.4. The van der Waals surface area contributed by atoms with Gasteiger partial charge in [0.1, 0.15) is 5.75 Å². The standard InChI is InChI=1S/C13H16F2O3/c1-9-8-10(5-6-11(9)18-2)13(14,15)7-3-4-12(16)17/h5-6,8H,3-4,7H2,1-2H3,(H,16,17). The molecule has 18 heavy (non-hydrogen) atoms. The Morgan fingerprint density at radius 2 is 2.11 bits per heavy atom. The summed E-state index contributed by atoms with van der Waals surface area (Å²) in [6, 6.07) is 4.18. The number of aryl methyl sites for hydroxylation is 1. The lowest BCUT2D eigenvalue weighted by Gasteiger charge is -2.17. The first kappa shape index (κ1) is 14.4. The van der Waals surface area contributed by atoms with E-state index < -0.39 is 18.3 Å². The normalized spacial score (nSPS) is 11.3. The molecule has 100 valence electrons. The summed E-state index contributed by atoms with van der Waals surface area (Å²) in [5.41, 5.74) is 0.527. The number of aliphatic carboxylic acids is 1. The van der Waals surface area contributed by atoms with Crippen LogP contribution >= 0.6 is 0 Å². The highest BCUT2D eigenvalue weighted by Gasteiger charge is 2.31. The van der Waals surface area contributed by atoms with Gasteiger partial charge in [-0.15, -0.1) is 0 Å². The largest absolute Gasteiger partial charge is 0.496 e. The molecule has 0 spiro atoms. The molecule has 0 unspecified atom stereocenters. The van der Waals surface area contributed by atoms with Crippen molar-refractivity contribution >= 4 is 5.97 Å². The van der Waals surface area contributed by atoms with Crippen LogP contribution in [0.25, 0.3) is 0 Å². The van der Waals surface area contributed by atoms with Crippen LogP contribution in [0.5, 0.6) is 5.75 Å². The van der Waals surface area contributed by atoms with Crippen molar-refractivity contribution in [3.63, 3.8) is 0 Å². The molecule has 0 fully saturated rings. The molecule has 0 aliphatic carbocycles. The smallest absolute Gasteiger partial charge is 0.303 e. The number of hydrogen-bond acceptors (Lipinski definition) is 2. The quantitative estimate of drug-likeness (QED) is 0.851. The van der Waals surface area contributed by atoms with Crippen LogP contribution < -0.4 is 4.74 Å². The van der Waals surface area contributed by atoms with Gasteiger partial charge in [-0.25, -0.2) is 8.78 Å². The molecular weight excluding hydrogens is 242 g/mol. The number of alkyl halides is 2. The minimum atomic E-state index is -3.01. The van der Waals surface area contributed by atoms with Gasteiger partial charge in [-0.1, -0.05) is 0 Å². The number of carbonyl (C=O) groups is 1. The SMILES string of the molecule is COc1ccc(C(F)(F)CCCC(=O)O)cc1C. The Morgan fingerprint density at radius 1 is 1.44 bits per heavy atom. The van der Waals surface area contributed by atoms with Gasteiger partial charge in [-0.3, -0.25) is 4.79 Å². The molecule has 0 saturated heterocycles. The van der Waals surface area contributed by atoms with Gasteiger partial charge in [0.25, 0.3) is 5.92 Å². The third kappa shape index (κ3) is 3.68. The molecule has 1 rings (SSSR count). The highest BCUT2D eigenvalue weighted by atomic mass is 19.3. The summed E-state index contributed by atoms with van der Waals surface area (Å²) in [6.45, 7) is 1.69. The Morgan fingerprint density at radius 3 is 2.61 bits per heavy atom. The van der Waals surface area contributed by atoms with Gasteiger partial charge in [0, 0.05) is 18.4 Å². The van der Waals surface area contributed by atoms with Crippen molar-refractivity contribution in [3.8, 4) is 5.75 Å². The number of carboxylic acid groups (broad SMARTS) is 1. The second-order valence-electron chi connectivity index (χ2n) is 4.14. The van der Waals surface area contributed by atoms with Crippen molar-refractivity contribution < 1.29 is 23.4 Å². The van der Waals surface area contributed by atoms with Gasteiger partial charge in [0.05, 0.1) is 7.11 Å². The van der Waals surface area contributed by atoms with E-state index in [1.807, 2.05) is 0 Å². The van der Waals surface area contributed by atoms with Crippen molar-refractivity contribution in [2.45, 2.75) is 32.1 Å². The molecule has 1 aromatic rings. The molecule has 0 saturated carbocycles. The van der Waals surface area contributed by atoms with E-state index in [0.29, 0.717) is 11.3 Å². The number of hydrogen-bond donors (Lipinski definition) is 1. The summed E-state index contributed by atoms with van der Waals surface area (Å²) in [7, 11) is 1.48. The number of ether oxygens (including phenoxy) is 1. The summed E-state index contributed by atoms with van der Waals surface area (Å²) in [4.78, 5) is 10.3. The van der Waals surface area contributed by atoms with Crippen molar-refractivity contribution in [2.24, 2.45) is 0 Å². The maximum absolute atomic E-state index is 13.8. The van der Waals surface area contributed by atoms with E-state index in [1.165, 1.54) is 25.3 Å². The van der Waals surface area contributed by atoms with E-state index in [4.69, 9.17) is 9.84 Å². The third-order valence-electron chi connectivity index (χ3n) is 2.70. The minimum absolute atomic E-state index is 0.0482. The monoisotopic (exact) mass is 258 g/mol. The predicted molar refractivity (Wildman–Crippen MR) is 63.1 cm³/mol. The number of benzene rings is 1. The lowest BCUT2D eigenvalue weighted by Crippen LogP contribution is -2.14. The lowest BCUT2D eigenvalue weighted by atomic mass is 10.0. The van der Waals surface area contributed by atoms with E-state index in [2.05, 4.69) is 0 Å². The summed E-state index contributed by atoms with van der Waals surface area (Å²) >= 11 is 0. The van der Waals surface area contributed by atoms with E-state index in [9.17, 15) is 13.6 Å². The Hall–Kier alpha value is -1.65. The number of halogens is 2. The molecule has 0 radical (unpaired) electrons. The molecule has 0 bridgehead atoms. The molecule has 0 heterocycles. The number of carboxylic acids is 1. The van der Waals surface area contributed by atoms with Gasteiger partial charge in [0.2, 0.25) is 0 Å². The predicted octanol–water partition coefficient (Wildman–Crippen LogP) is 3.35. The van der Waals surface area contributed by atoms with E-state index in [-0.39, 0.29) is 18.4 Å². The highest BCUT2D eigenvalue weighted by molar-refractivity contribution is 5.66.